The highest BCUT2D eigenvalue weighted by molar-refractivity contribution is 6.22. The fraction of sp³-hybridized carbons (Fsp3) is 0.154. The first-order valence-corrected chi connectivity index (χ1v) is 10.7. The molecule has 8 heteroatoms. The van der Waals surface area contributed by atoms with E-state index in [-0.39, 0.29) is 33.8 Å². The molecule has 1 aliphatic heterocycles. The van der Waals surface area contributed by atoms with Crippen molar-refractivity contribution in [3.8, 4) is 17.3 Å². The molecule has 5 rings (SSSR count). The smallest absolute Gasteiger partial charge is 0.334 e. The van der Waals surface area contributed by atoms with E-state index in [1.807, 2.05) is 13.0 Å². The largest absolute Gasteiger partial charge is 0.461 e. The minimum absolute atomic E-state index is 0.0605. The maximum Gasteiger partial charge on any atom is 0.334 e. The molecular formula is C26H19NO7. The molecule has 1 atom stereocenters. The highest BCUT2D eigenvalue weighted by Crippen LogP contribution is 2.32. The average Bonchev–Trinajstić information content (AvgIpc) is 3.47. The summed E-state index contributed by atoms with van der Waals surface area (Å²) in [6, 6.07) is 13.4. The van der Waals surface area contributed by atoms with Crippen LogP contribution >= 0.6 is 0 Å². The highest BCUT2D eigenvalue weighted by atomic mass is 16.5. The zero-order valence-electron chi connectivity index (χ0n) is 18.4. The van der Waals surface area contributed by atoms with Gasteiger partial charge in [0.15, 0.2) is 5.76 Å². The van der Waals surface area contributed by atoms with Gasteiger partial charge in [-0.2, -0.15) is 0 Å². The predicted octanol–water partition coefficient (Wildman–Crippen LogP) is 4.21. The van der Waals surface area contributed by atoms with Crippen LogP contribution in [0.3, 0.4) is 0 Å². The van der Waals surface area contributed by atoms with Crippen molar-refractivity contribution in [2.75, 3.05) is 0 Å². The Morgan fingerprint density at radius 1 is 1.00 bits per heavy atom. The predicted molar refractivity (Wildman–Crippen MR) is 122 cm³/mol. The number of carbonyl (C=O) groups is 3. The Bertz CT molecular complexity index is 1480. The lowest BCUT2D eigenvalue weighted by Gasteiger charge is -2.21. The van der Waals surface area contributed by atoms with Gasteiger partial charge in [0.05, 0.1) is 22.8 Å². The van der Waals surface area contributed by atoms with Gasteiger partial charge in [-0.3, -0.25) is 19.3 Å². The zero-order valence-corrected chi connectivity index (χ0v) is 18.4. The molecule has 0 N–H and O–H groups in total. The fourth-order valence-electron chi connectivity index (χ4n) is 3.96. The summed E-state index contributed by atoms with van der Waals surface area (Å²) in [5.41, 5.74) is 1.07. The number of furan rings is 1. The van der Waals surface area contributed by atoms with Crippen LogP contribution in [0.1, 0.15) is 40.1 Å². The van der Waals surface area contributed by atoms with Crippen molar-refractivity contribution < 1.29 is 28.0 Å². The normalized spacial score (nSPS) is 13.9. The van der Waals surface area contributed by atoms with E-state index in [4.69, 9.17) is 13.6 Å². The first-order chi connectivity index (χ1) is 16.4. The number of nitrogens with zero attached hydrogens (tertiary/aromatic N) is 1. The van der Waals surface area contributed by atoms with Crippen LogP contribution in [-0.4, -0.2) is 28.7 Å². The lowest BCUT2D eigenvalue weighted by atomic mass is 10.1. The van der Waals surface area contributed by atoms with Crippen molar-refractivity contribution in [3.63, 3.8) is 0 Å². The van der Waals surface area contributed by atoms with Crippen LogP contribution in [0, 0.1) is 0 Å². The van der Waals surface area contributed by atoms with Gasteiger partial charge in [0, 0.05) is 0 Å². The molecule has 0 spiro atoms. The fourth-order valence-corrected chi connectivity index (χ4v) is 3.96. The van der Waals surface area contributed by atoms with E-state index in [9.17, 15) is 19.2 Å². The molecule has 0 saturated carbocycles. The molecule has 0 radical (unpaired) electrons. The quantitative estimate of drug-likeness (QED) is 0.326. The van der Waals surface area contributed by atoms with Crippen molar-refractivity contribution in [1.29, 1.82) is 0 Å². The van der Waals surface area contributed by atoms with Gasteiger partial charge in [-0.05, 0) is 55.3 Å². The van der Waals surface area contributed by atoms with Crippen molar-refractivity contribution >= 4 is 28.8 Å². The Morgan fingerprint density at radius 2 is 1.71 bits per heavy atom. The third-order valence-corrected chi connectivity index (χ3v) is 5.82. The molecule has 2 aromatic carbocycles. The van der Waals surface area contributed by atoms with Crippen LogP contribution in [0.25, 0.3) is 22.5 Å². The van der Waals surface area contributed by atoms with Crippen molar-refractivity contribution in [2.45, 2.75) is 26.3 Å². The van der Waals surface area contributed by atoms with Gasteiger partial charge in [-0.1, -0.05) is 25.1 Å². The van der Waals surface area contributed by atoms with Crippen LogP contribution in [0.4, 0.5) is 0 Å². The van der Waals surface area contributed by atoms with E-state index in [1.54, 1.807) is 36.4 Å². The second-order valence-electron chi connectivity index (χ2n) is 7.87. The molecule has 0 fully saturated rings. The van der Waals surface area contributed by atoms with Gasteiger partial charge in [0.2, 0.25) is 16.9 Å². The van der Waals surface area contributed by atoms with Gasteiger partial charge < -0.3 is 13.6 Å². The molecule has 8 nitrogen and oxygen atoms in total. The van der Waals surface area contributed by atoms with E-state index in [0.29, 0.717) is 12.0 Å². The number of rotatable bonds is 5. The van der Waals surface area contributed by atoms with Crippen molar-refractivity contribution in [3.05, 3.63) is 87.8 Å². The number of hydrogen-bond acceptors (Lipinski definition) is 7. The van der Waals surface area contributed by atoms with E-state index in [1.165, 1.54) is 25.3 Å². The molecule has 0 unspecified atom stereocenters. The topological polar surface area (TPSA) is 107 Å². The minimum Gasteiger partial charge on any atom is -0.461 e. The molecule has 2 amide bonds. The summed E-state index contributed by atoms with van der Waals surface area (Å²) in [7, 11) is 0. The summed E-state index contributed by atoms with van der Waals surface area (Å²) >= 11 is 0. The van der Waals surface area contributed by atoms with Gasteiger partial charge in [-0.15, -0.1) is 0 Å². The third kappa shape index (κ3) is 3.31. The number of benzene rings is 2. The summed E-state index contributed by atoms with van der Waals surface area (Å²) in [4.78, 5) is 52.8. The molecule has 170 valence electrons. The molecule has 2 aromatic heterocycles. The number of amides is 2. The maximum absolute atomic E-state index is 13.4. The molecule has 1 aliphatic rings. The second-order valence-corrected chi connectivity index (χ2v) is 7.87. The number of carbonyl (C=O) groups excluding carboxylic acids is 3. The Balaban J connectivity index is 1.55. The molecule has 3 heterocycles. The lowest BCUT2D eigenvalue weighted by Crippen LogP contribution is -2.45. The standard InChI is InChI=1S/C26H19NO7/c1-3-15-10-11-19-18(13-15)21(28)23(22(33-19)20-9-6-12-32-20)34-26(31)14(2)27-24(29)16-7-4-5-8-17(16)25(27)30/h4-14H,3H2,1-2H3/t14-/m1/s1. The number of imide groups is 1. The van der Waals surface area contributed by atoms with Gasteiger partial charge in [-0.25, -0.2) is 4.79 Å². The van der Waals surface area contributed by atoms with Crippen molar-refractivity contribution in [1.82, 2.24) is 4.90 Å². The lowest BCUT2D eigenvalue weighted by molar-refractivity contribution is -0.138. The Labute approximate surface area is 193 Å². The highest BCUT2D eigenvalue weighted by Gasteiger charge is 2.41. The van der Waals surface area contributed by atoms with Crippen molar-refractivity contribution in [2.24, 2.45) is 0 Å². The maximum atomic E-state index is 13.4. The molecule has 4 aromatic rings. The first kappa shape index (κ1) is 21.4. The molecule has 34 heavy (non-hydrogen) atoms. The Morgan fingerprint density at radius 3 is 2.32 bits per heavy atom. The molecule has 0 aliphatic carbocycles. The third-order valence-electron chi connectivity index (χ3n) is 5.82. The summed E-state index contributed by atoms with van der Waals surface area (Å²) in [6.07, 6.45) is 2.09. The Kier molecular flexibility index (Phi) is 5.13. The first-order valence-electron chi connectivity index (χ1n) is 10.7. The summed E-state index contributed by atoms with van der Waals surface area (Å²) in [6.45, 7) is 3.32. The SMILES string of the molecule is CCc1ccc2oc(-c3ccco3)c(OC(=O)[C@@H](C)N3C(=O)c4ccccc4C3=O)c(=O)c2c1. The summed E-state index contributed by atoms with van der Waals surface area (Å²) in [5, 5.41) is 0.242. The van der Waals surface area contributed by atoms with Crippen LogP contribution in [0.2, 0.25) is 0 Å². The average molecular weight is 457 g/mol. The Hall–Kier alpha value is -4.46. The van der Waals surface area contributed by atoms with Crippen LogP contribution in [0.15, 0.2) is 74.5 Å². The van der Waals surface area contributed by atoms with E-state index in [2.05, 4.69) is 0 Å². The molecule has 0 bridgehead atoms. The van der Waals surface area contributed by atoms with E-state index < -0.39 is 29.3 Å². The van der Waals surface area contributed by atoms with E-state index >= 15 is 0 Å². The molecule has 0 saturated heterocycles. The number of aryl methyl sites for hydroxylation is 1. The van der Waals surface area contributed by atoms with Crippen LogP contribution in [0.5, 0.6) is 5.75 Å². The van der Waals surface area contributed by atoms with Gasteiger partial charge in [0.25, 0.3) is 11.8 Å². The number of hydrogen-bond donors (Lipinski definition) is 0. The van der Waals surface area contributed by atoms with Crippen LogP contribution in [-0.2, 0) is 11.2 Å². The van der Waals surface area contributed by atoms with E-state index in [0.717, 1.165) is 10.5 Å². The van der Waals surface area contributed by atoms with Crippen LogP contribution < -0.4 is 10.2 Å². The zero-order chi connectivity index (χ0) is 24.0. The number of esters is 1. The number of fused-ring (bicyclic) bond motifs is 2. The van der Waals surface area contributed by atoms with Gasteiger partial charge in [0.1, 0.15) is 11.6 Å². The van der Waals surface area contributed by atoms with Gasteiger partial charge >= 0.3 is 5.97 Å². The minimum atomic E-state index is -1.28. The summed E-state index contributed by atoms with van der Waals surface area (Å²) in [5.74, 6) is -2.40. The monoisotopic (exact) mass is 457 g/mol. The second kappa shape index (κ2) is 8.15. The molecular weight excluding hydrogens is 438 g/mol. The number of ether oxygens (including phenoxy) is 1. The summed E-state index contributed by atoms with van der Waals surface area (Å²) < 4.78 is 16.8.